The molecule has 0 radical (unpaired) electrons. The van der Waals surface area contributed by atoms with Crippen molar-refractivity contribution >= 4 is 39.9 Å². The number of carbonyl (C=O) groups is 1. The number of rotatable bonds is 2. The molecule has 0 saturated carbocycles. The Kier molecular flexibility index (Phi) is 3.28. The van der Waals surface area contributed by atoms with Gasteiger partial charge in [-0.25, -0.2) is 0 Å². The lowest BCUT2D eigenvalue weighted by Gasteiger charge is -2.03. The third-order valence-corrected chi connectivity index (χ3v) is 3.72. The molecule has 0 aliphatic carbocycles. The molecule has 2 aromatic carbocycles. The number of fused-ring (bicyclic) bond motifs is 1. The number of aromatic amines is 1. The van der Waals surface area contributed by atoms with Gasteiger partial charge < -0.3 is 4.98 Å². The molecule has 0 amide bonds. The van der Waals surface area contributed by atoms with Gasteiger partial charge in [-0.1, -0.05) is 35.3 Å². The lowest BCUT2D eigenvalue weighted by molar-refractivity contribution is 0.104. The van der Waals surface area contributed by atoms with Crippen LogP contribution in [0, 0.1) is 6.92 Å². The Morgan fingerprint density at radius 1 is 1.10 bits per heavy atom. The molecule has 1 heterocycles. The molecule has 0 aliphatic rings. The highest BCUT2D eigenvalue weighted by molar-refractivity contribution is 6.35. The van der Waals surface area contributed by atoms with Crippen LogP contribution in [-0.2, 0) is 0 Å². The van der Waals surface area contributed by atoms with Gasteiger partial charge in [0.1, 0.15) is 0 Å². The van der Waals surface area contributed by atoms with Gasteiger partial charge in [-0.3, -0.25) is 4.79 Å². The van der Waals surface area contributed by atoms with Gasteiger partial charge in [-0.15, -0.1) is 0 Å². The van der Waals surface area contributed by atoms with E-state index in [9.17, 15) is 4.79 Å². The van der Waals surface area contributed by atoms with E-state index < -0.39 is 0 Å². The Balaban J connectivity index is 2.18. The predicted octanol–water partition coefficient (Wildman–Crippen LogP) is 5.01. The minimum atomic E-state index is -0.0880. The largest absolute Gasteiger partial charge is 0.360 e. The quantitative estimate of drug-likeness (QED) is 0.663. The fourth-order valence-electron chi connectivity index (χ4n) is 2.39. The maximum Gasteiger partial charge on any atom is 0.195 e. The number of aryl methyl sites for hydroxylation is 1. The lowest BCUT2D eigenvalue weighted by Crippen LogP contribution is -2.01. The van der Waals surface area contributed by atoms with Crippen molar-refractivity contribution < 1.29 is 4.79 Å². The molecule has 0 unspecified atom stereocenters. The molecule has 100 valence electrons. The van der Waals surface area contributed by atoms with Gasteiger partial charge in [-0.05, 0) is 36.8 Å². The lowest BCUT2D eigenvalue weighted by atomic mass is 10.00. The Hall–Kier alpha value is -1.77. The molecule has 4 heteroatoms. The maximum absolute atomic E-state index is 12.6. The molecule has 20 heavy (non-hydrogen) atoms. The van der Waals surface area contributed by atoms with Gasteiger partial charge in [0.25, 0.3) is 0 Å². The first kappa shape index (κ1) is 13.2. The van der Waals surface area contributed by atoms with Crippen LogP contribution in [0.15, 0.2) is 42.6 Å². The van der Waals surface area contributed by atoms with Crippen LogP contribution in [0.25, 0.3) is 10.9 Å². The molecular formula is C16H11Cl2NO. The van der Waals surface area contributed by atoms with Crippen molar-refractivity contribution in [3.8, 4) is 0 Å². The van der Waals surface area contributed by atoms with E-state index in [4.69, 9.17) is 23.2 Å². The first-order valence-corrected chi connectivity index (χ1v) is 6.89. The monoisotopic (exact) mass is 303 g/mol. The van der Waals surface area contributed by atoms with Crippen LogP contribution >= 0.6 is 23.2 Å². The third-order valence-electron chi connectivity index (χ3n) is 3.28. The van der Waals surface area contributed by atoms with Crippen LogP contribution < -0.4 is 0 Å². The van der Waals surface area contributed by atoms with Crippen LogP contribution in [0.1, 0.15) is 21.5 Å². The zero-order valence-corrected chi connectivity index (χ0v) is 12.2. The van der Waals surface area contributed by atoms with E-state index in [0.29, 0.717) is 21.2 Å². The summed E-state index contributed by atoms with van der Waals surface area (Å²) < 4.78 is 0. The van der Waals surface area contributed by atoms with Gasteiger partial charge >= 0.3 is 0 Å². The molecule has 1 N–H and O–H groups in total. The van der Waals surface area contributed by atoms with Crippen LogP contribution in [0.4, 0.5) is 0 Å². The van der Waals surface area contributed by atoms with Crippen LogP contribution in [0.2, 0.25) is 10.0 Å². The normalized spacial score (nSPS) is 10.9. The first-order chi connectivity index (χ1) is 9.56. The van der Waals surface area contributed by atoms with Crippen LogP contribution in [0.3, 0.4) is 0 Å². The average molecular weight is 304 g/mol. The summed E-state index contributed by atoms with van der Waals surface area (Å²) in [7, 11) is 0. The van der Waals surface area contributed by atoms with Crippen LogP contribution in [0.5, 0.6) is 0 Å². The zero-order valence-electron chi connectivity index (χ0n) is 10.7. The maximum atomic E-state index is 12.6. The molecule has 2 nitrogen and oxygen atoms in total. The van der Waals surface area contributed by atoms with E-state index in [1.54, 1.807) is 24.4 Å². The molecule has 0 bridgehead atoms. The predicted molar refractivity (Wildman–Crippen MR) is 82.9 cm³/mol. The minimum absolute atomic E-state index is 0.0880. The van der Waals surface area contributed by atoms with E-state index in [0.717, 1.165) is 16.5 Å². The van der Waals surface area contributed by atoms with Gasteiger partial charge in [0, 0.05) is 38.3 Å². The summed E-state index contributed by atoms with van der Waals surface area (Å²) in [5.41, 5.74) is 3.13. The minimum Gasteiger partial charge on any atom is -0.360 e. The number of hydrogen-bond donors (Lipinski definition) is 1. The number of benzene rings is 2. The van der Waals surface area contributed by atoms with E-state index >= 15 is 0 Å². The summed E-state index contributed by atoms with van der Waals surface area (Å²) in [5.74, 6) is -0.0880. The highest BCUT2D eigenvalue weighted by atomic mass is 35.5. The smallest absolute Gasteiger partial charge is 0.195 e. The van der Waals surface area contributed by atoms with Crippen molar-refractivity contribution in [2.45, 2.75) is 6.92 Å². The number of halogens is 2. The Bertz CT molecular complexity index is 800. The van der Waals surface area contributed by atoms with E-state index in [1.165, 1.54) is 0 Å². The molecule has 0 saturated heterocycles. The third kappa shape index (κ3) is 2.21. The number of ketones is 1. The molecule has 3 aromatic rings. The summed E-state index contributed by atoms with van der Waals surface area (Å²) >= 11 is 11.9. The van der Waals surface area contributed by atoms with Crippen LogP contribution in [-0.4, -0.2) is 10.8 Å². The van der Waals surface area contributed by atoms with Gasteiger partial charge in [0.15, 0.2) is 5.78 Å². The van der Waals surface area contributed by atoms with Crippen molar-refractivity contribution in [2.24, 2.45) is 0 Å². The highest BCUT2D eigenvalue weighted by Crippen LogP contribution is 2.26. The molecule has 0 aliphatic heterocycles. The molecule has 0 spiro atoms. The molecule has 0 atom stereocenters. The molecule has 3 rings (SSSR count). The van der Waals surface area contributed by atoms with Gasteiger partial charge in [0.2, 0.25) is 0 Å². The number of H-pyrrole nitrogens is 1. The van der Waals surface area contributed by atoms with E-state index in [2.05, 4.69) is 4.98 Å². The summed E-state index contributed by atoms with van der Waals surface area (Å²) in [6.07, 6.45) is 1.73. The molecular weight excluding hydrogens is 293 g/mol. The summed E-state index contributed by atoms with van der Waals surface area (Å²) in [4.78, 5) is 15.8. The Morgan fingerprint density at radius 2 is 1.80 bits per heavy atom. The van der Waals surface area contributed by atoms with E-state index in [1.807, 2.05) is 25.1 Å². The zero-order chi connectivity index (χ0) is 14.3. The second-order valence-electron chi connectivity index (χ2n) is 4.69. The summed E-state index contributed by atoms with van der Waals surface area (Å²) in [6.45, 7) is 1.98. The molecule has 0 fully saturated rings. The van der Waals surface area contributed by atoms with Crippen molar-refractivity contribution in [1.82, 2.24) is 4.98 Å². The van der Waals surface area contributed by atoms with Crippen molar-refractivity contribution in [3.63, 3.8) is 0 Å². The van der Waals surface area contributed by atoms with Gasteiger partial charge in [0.05, 0.1) is 0 Å². The highest BCUT2D eigenvalue weighted by Gasteiger charge is 2.16. The number of carbonyl (C=O) groups excluding carboxylic acids is 1. The average Bonchev–Trinajstić information content (AvgIpc) is 2.82. The second kappa shape index (κ2) is 4.97. The number of nitrogens with one attached hydrogen (secondary N) is 1. The van der Waals surface area contributed by atoms with E-state index in [-0.39, 0.29) is 5.78 Å². The van der Waals surface area contributed by atoms with Crippen molar-refractivity contribution in [1.29, 1.82) is 0 Å². The Morgan fingerprint density at radius 3 is 2.50 bits per heavy atom. The van der Waals surface area contributed by atoms with Crippen molar-refractivity contribution in [2.75, 3.05) is 0 Å². The van der Waals surface area contributed by atoms with Crippen molar-refractivity contribution in [3.05, 3.63) is 69.3 Å². The van der Waals surface area contributed by atoms with Gasteiger partial charge in [-0.2, -0.15) is 0 Å². The summed E-state index contributed by atoms with van der Waals surface area (Å²) in [5, 5.41) is 1.85. The number of hydrogen-bond acceptors (Lipinski definition) is 1. The Labute approximate surface area is 126 Å². The SMILES string of the molecule is Cc1cccc2[nH]cc(C(=O)c3cc(Cl)cc(Cl)c3)c12. The standard InChI is InChI=1S/C16H11Cl2NO/c1-9-3-2-4-14-15(9)13(8-19-14)16(20)10-5-11(17)7-12(18)6-10/h2-8,19H,1H3. The topological polar surface area (TPSA) is 32.9 Å². The summed E-state index contributed by atoms with van der Waals surface area (Å²) in [6, 6.07) is 10.8. The second-order valence-corrected chi connectivity index (χ2v) is 5.56. The fraction of sp³-hybridized carbons (Fsp3) is 0.0625. The number of aromatic nitrogens is 1. The first-order valence-electron chi connectivity index (χ1n) is 6.14. The molecule has 1 aromatic heterocycles. The fourth-order valence-corrected chi connectivity index (χ4v) is 2.91.